The summed E-state index contributed by atoms with van der Waals surface area (Å²) >= 11 is 0. The van der Waals surface area contributed by atoms with E-state index in [0.717, 1.165) is 38.1 Å². The Morgan fingerprint density at radius 3 is 2.62 bits per heavy atom. The van der Waals surface area contributed by atoms with E-state index in [-0.39, 0.29) is 0 Å². The van der Waals surface area contributed by atoms with E-state index in [4.69, 9.17) is 4.74 Å². The van der Waals surface area contributed by atoms with Gasteiger partial charge in [0.25, 0.3) is 0 Å². The Hall–Kier alpha value is -1.76. The maximum Gasteiger partial charge on any atom is 0.416 e. The van der Waals surface area contributed by atoms with Crippen LogP contribution in [0.2, 0.25) is 0 Å². The average molecular weight is 371 g/mol. The Balaban J connectivity index is 2.03. The molecule has 7 heteroatoms. The van der Waals surface area contributed by atoms with Crippen LogP contribution in [0, 0.1) is 5.92 Å². The average Bonchev–Trinajstić information content (AvgIpc) is 3.03. The number of hydrogen-bond acceptors (Lipinski definition) is 2. The number of aliphatic imine (C=N–C) groups is 1. The maximum atomic E-state index is 13.0. The number of nitrogens with zero attached hydrogens (tertiary/aromatic N) is 2. The first-order valence-corrected chi connectivity index (χ1v) is 8.79. The quantitative estimate of drug-likeness (QED) is 0.636. The van der Waals surface area contributed by atoms with Crippen LogP contribution < -0.4 is 5.32 Å². The van der Waals surface area contributed by atoms with E-state index in [1.165, 1.54) is 12.1 Å². The molecule has 1 fully saturated rings. The molecule has 2 rings (SSSR count). The zero-order chi connectivity index (χ0) is 19.4. The van der Waals surface area contributed by atoms with Gasteiger partial charge in [-0.15, -0.1) is 0 Å². The van der Waals surface area contributed by atoms with Gasteiger partial charge in [-0.05, 0) is 18.1 Å². The van der Waals surface area contributed by atoms with Gasteiger partial charge < -0.3 is 15.0 Å². The standard InChI is InChI=1S/C19H28F3N3O/c1-18(2,15-6-5-7-16(10-15)19(20,21)22)13-24-17(23-3)25-9-8-14(11-25)12-26-4/h5-7,10,14H,8-9,11-13H2,1-4H3,(H,23,24). The van der Waals surface area contributed by atoms with Crippen molar-refractivity contribution in [2.45, 2.75) is 31.9 Å². The van der Waals surface area contributed by atoms with E-state index < -0.39 is 17.2 Å². The molecule has 1 aromatic carbocycles. The van der Waals surface area contributed by atoms with Gasteiger partial charge in [0.05, 0.1) is 12.2 Å². The summed E-state index contributed by atoms with van der Waals surface area (Å²) in [7, 11) is 3.43. The Labute approximate surface area is 153 Å². The van der Waals surface area contributed by atoms with Crippen molar-refractivity contribution < 1.29 is 17.9 Å². The molecule has 1 aliphatic rings. The number of alkyl halides is 3. The molecule has 0 spiro atoms. The van der Waals surface area contributed by atoms with Crippen molar-refractivity contribution in [1.29, 1.82) is 0 Å². The predicted octanol–water partition coefficient (Wildman–Crippen LogP) is 3.53. The molecule has 1 saturated heterocycles. The maximum absolute atomic E-state index is 13.0. The lowest BCUT2D eigenvalue weighted by atomic mass is 9.84. The molecule has 26 heavy (non-hydrogen) atoms. The van der Waals surface area contributed by atoms with Crippen molar-refractivity contribution in [3.63, 3.8) is 0 Å². The van der Waals surface area contributed by atoms with Crippen molar-refractivity contribution >= 4 is 5.96 Å². The van der Waals surface area contributed by atoms with Crippen molar-refractivity contribution in [3.05, 3.63) is 35.4 Å². The van der Waals surface area contributed by atoms with Crippen LogP contribution in [0.1, 0.15) is 31.4 Å². The number of nitrogens with one attached hydrogen (secondary N) is 1. The van der Waals surface area contributed by atoms with Crippen LogP contribution in [0.5, 0.6) is 0 Å². The van der Waals surface area contributed by atoms with Gasteiger partial charge in [0.15, 0.2) is 5.96 Å². The summed E-state index contributed by atoms with van der Waals surface area (Å²) in [6.45, 7) is 6.85. The highest BCUT2D eigenvalue weighted by atomic mass is 19.4. The number of halogens is 3. The van der Waals surface area contributed by atoms with Crippen LogP contribution in [-0.4, -0.2) is 51.3 Å². The minimum absolute atomic E-state index is 0.469. The van der Waals surface area contributed by atoms with E-state index in [9.17, 15) is 13.2 Å². The Bertz CT molecular complexity index is 629. The molecule has 1 heterocycles. The zero-order valence-electron chi connectivity index (χ0n) is 15.9. The fraction of sp³-hybridized carbons (Fsp3) is 0.632. The van der Waals surface area contributed by atoms with E-state index in [0.29, 0.717) is 18.0 Å². The fourth-order valence-corrected chi connectivity index (χ4v) is 3.25. The molecule has 0 bridgehead atoms. The van der Waals surface area contributed by atoms with Gasteiger partial charge in [0, 0.05) is 45.1 Å². The summed E-state index contributed by atoms with van der Waals surface area (Å²) in [5, 5.41) is 3.32. The molecule has 1 unspecified atom stereocenters. The van der Waals surface area contributed by atoms with Gasteiger partial charge >= 0.3 is 6.18 Å². The predicted molar refractivity (Wildman–Crippen MR) is 97.4 cm³/mol. The van der Waals surface area contributed by atoms with Crippen LogP contribution in [0.15, 0.2) is 29.3 Å². The number of methoxy groups -OCH3 is 1. The van der Waals surface area contributed by atoms with E-state index >= 15 is 0 Å². The van der Waals surface area contributed by atoms with E-state index in [2.05, 4.69) is 15.2 Å². The third-order valence-corrected chi connectivity index (χ3v) is 4.86. The van der Waals surface area contributed by atoms with Gasteiger partial charge in [-0.2, -0.15) is 13.2 Å². The molecule has 1 aromatic rings. The van der Waals surface area contributed by atoms with Gasteiger partial charge in [0.1, 0.15) is 0 Å². The lowest BCUT2D eigenvalue weighted by molar-refractivity contribution is -0.137. The highest BCUT2D eigenvalue weighted by Crippen LogP contribution is 2.32. The van der Waals surface area contributed by atoms with Crippen molar-refractivity contribution in [1.82, 2.24) is 10.2 Å². The fourth-order valence-electron chi connectivity index (χ4n) is 3.25. The number of benzene rings is 1. The van der Waals surface area contributed by atoms with E-state index in [1.54, 1.807) is 20.2 Å². The first-order valence-electron chi connectivity index (χ1n) is 8.79. The Kier molecular flexibility index (Phi) is 6.55. The number of ether oxygens (including phenoxy) is 1. The summed E-state index contributed by atoms with van der Waals surface area (Å²) < 4.78 is 44.2. The minimum Gasteiger partial charge on any atom is -0.384 e. The molecule has 0 saturated carbocycles. The van der Waals surface area contributed by atoms with Crippen molar-refractivity contribution in [2.24, 2.45) is 10.9 Å². The number of guanidine groups is 1. The molecule has 0 radical (unpaired) electrons. The van der Waals surface area contributed by atoms with Crippen LogP contribution in [0.3, 0.4) is 0 Å². The highest BCUT2D eigenvalue weighted by molar-refractivity contribution is 5.80. The second-order valence-corrected chi connectivity index (χ2v) is 7.42. The monoisotopic (exact) mass is 371 g/mol. The molecular formula is C19H28F3N3O. The van der Waals surface area contributed by atoms with Gasteiger partial charge in [-0.25, -0.2) is 0 Å². The highest BCUT2D eigenvalue weighted by Gasteiger charge is 2.32. The molecule has 146 valence electrons. The molecule has 1 aliphatic heterocycles. The number of likely N-dealkylation sites (tertiary alicyclic amines) is 1. The summed E-state index contributed by atoms with van der Waals surface area (Å²) in [6, 6.07) is 5.54. The molecule has 0 aromatic heterocycles. The van der Waals surface area contributed by atoms with Crippen LogP contribution >= 0.6 is 0 Å². The molecule has 0 aliphatic carbocycles. The summed E-state index contributed by atoms with van der Waals surface area (Å²) in [4.78, 5) is 6.50. The summed E-state index contributed by atoms with van der Waals surface area (Å²) in [5.74, 6) is 1.26. The van der Waals surface area contributed by atoms with Crippen molar-refractivity contribution in [2.75, 3.05) is 40.4 Å². The third-order valence-electron chi connectivity index (χ3n) is 4.86. The topological polar surface area (TPSA) is 36.9 Å². The zero-order valence-corrected chi connectivity index (χ0v) is 15.9. The Morgan fingerprint density at radius 2 is 2.00 bits per heavy atom. The third kappa shape index (κ3) is 5.13. The number of hydrogen-bond donors (Lipinski definition) is 1. The normalized spacial score (nSPS) is 19.1. The van der Waals surface area contributed by atoms with Crippen LogP contribution in [0.4, 0.5) is 13.2 Å². The summed E-state index contributed by atoms with van der Waals surface area (Å²) in [5.41, 5.74) is -0.438. The van der Waals surface area contributed by atoms with Gasteiger partial charge in [-0.1, -0.05) is 32.0 Å². The Morgan fingerprint density at radius 1 is 1.31 bits per heavy atom. The molecular weight excluding hydrogens is 343 g/mol. The largest absolute Gasteiger partial charge is 0.416 e. The van der Waals surface area contributed by atoms with E-state index in [1.807, 2.05) is 13.8 Å². The lowest BCUT2D eigenvalue weighted by Crippen LogP contribution is -2.45. The second-order valence-electron chi connectivity index (χ2n) is 7.42. The lowest BCUT2D eigenvalue weighted by Gasteiger charge is -2.29. The van der Waals surface area contributed by atoms with Crippen LogP contribution in [0.25, 0.3) is 0 Å². The molecule has 4 nitrogen and oxygen atoms in total. The smallest absolute Gasteiger partial charge is 0.384 e. The SMILES string of the molecule is CN=C(NCC(C)(C)c1cccc(C(F)(F)F)c1)N1CCC(COC)C1. The minimum atomic E-state index is -4.33. The van der Waals surface area contributed by atoms with Gasteiger partial charge in [0.2, 0.25) is 0 Å². The number of rotatable bonds is 5. The van der Waals surface area contributed by atoms with Crippen molar-refractivity contribution in [3.8, 4) is 0 Å². The van der Waals surface area contributed by atoms with Gasteiger partial charge in [-0.3, -0.25) is 4.99 Å². The summed E-state index contributed by atoms with van der Waals surface area (Å²) in [6.07, 6.45) is -3.28. The first kappa shape index (κ1) is 20.6. The second kappa shape index (κ2) is 8.29. The molecule has 1 atom stereocenters. The van der Waals surface area contributed by atoms with Crippen LogP contribution in [-0.2, 0) is 16.3 Å². The molecule has 1 N–H and O–H groups in total. The first-order chi connectivity index (χ1) is 12.2. The molecule has 0 amide bonds.